The number of aryl methyl sites for hydroxylation is 2. The maximum absolute atomic E-state index is 12.3. The van der Waals surface area contributed by atoms with Crippen LogP contribution in [0.25, 0.3) is 22.6 Å². The van der Waals surface area contributed by atoms with E-state index in [9.17, 15) is 18.3 Å². The number of fused-ring (bicyclic) bond motifs is 1. The second-order valence-electron chi connectivity index (χ2n) is 5.51. The van der Waals surface area contributed by atoms with Crippen LogP contribution in [0.1, 0.15) is 5.56 Å². The first-order valence-electron chi connectivity index (χ1n) is 7.18. The molecule has 3 rings (SSSR count). The highest BCUT2D eigenvalue weighted by Crippen LogP contribution is 2.35. The Labute approximate surface area is 145 Å². The quantitative estimate of drug-likeness (QED) is 0.748. The molecule has 0 aliphatic rings. The van der Waals surface area contributed by atoms with Gasteiger partial charge in [0.1, 0.15) is 11.6 Å². The minimum absolute atomic E-state index is 0.0445. The Kier molecular flexibility index (Phi) is 4.24. The van der Waals surface area contributed by atoms with E-state index in [1.807, 2.05) is 0 Å². The second-order valence-corrected chi connectivity index (χ2v) is 5.94. The van der Waals surface area contributed by atoms with Crippen molar-refractivity contribution in [3.63, 3.8) is 0 Å². The van der Waals surface area contributed by atoms with E-state index in [1.54, 1.807) is 30.7 Å². The van der Waals surface area contributed by atoms with Gasteiger partial charge in [0.15, 0.2) is 12.3 Å². The summed E-state index contributed by atoms with van der Waals surface area (Å²) in [6.07, 6.45) is -4.45. The number of phenols is 1. The van der Waals surface area contributed by atoms with Crippen LogP contribution in [0.5, 0.6) is 11.6 Å². The van der Waals surface area contributed by atoms with Gasteiger partial charge >= 0.3 is 6.18 Å². The third-order valence-corrected chi connectivity index (χ3v) is 3.82. The van der Waals surface area contributed by atoms with Gasteiger partial charge in [-0.2, -0.15) is 18.2 Å². The van der Waals surface area contributed by atoms with Crippen molar-refractivity contribution in [2.75, 3.05) is 6.61 Å². The molecule has 1 N–H and O–H groups in total. The molecule has 1 aromatic carbocycles. The van der Waals surface area contributed by atoms with Crippen LogP contribution in [0, 0.1) is 6.92 Å². The van der Waals surface area contributed by atoms with Gasteiger partial charge in [-0.3, -0.25) is 0 Å². The number of hydrogen-bond donors (Lipinski definition) is 1. The number of pyridine rings is 1. The highest BCUT2D eigenvalue weighted by Gasteiger charge is 2.28. The SMILES string of the molecule is Cc1cc(Cl)cc(O)c1-c1nc2nc(OCC(F)(F)F)ccc2n1C. The Morgan fingerprint density at radius 1 is 1.24 bits per heavy atom. The first kappa shape index (κ1) is 17.3. The zero-order chi connectivity index (χ0) is 18.4. The van der Waals surface area contributed by atoms with E-state index < -0.39 is 12.8 Å². The molecule has 3 aromatic rings. The third-order valence-electron chi connectivity index (χ3n) is 3.61. The van der Waals surface area contributed by atoms with Gasteiger partial charge in [0.05, 0.1) is 11.1 Å². The molecule has 0 bridgehead atoms. The summed E-state index contributed by atoms with van der Waals surface area (Å²) in [5.74, 6) is 0.200. The molecular formula is C16H13ClF3N3O2. The van der Waals surface area contributed by atoms with Crippen molar-refractivity contribution in [1.82, 2.24) is 14.5 Å². The molecule has 0 aliphatic heterocycles. The Morgan fingerprint density at radius 2 is 1.96 bits per heavy atom. The summed E-state index contributed by atoms with van der Waals surface area (Å²) in [7, 11) is 1.72. The predicted octanol–water partition coefficient (Wildman–Crippen LogP) is 4.24. The fourth-order valence-electron chi connectivity index (χ4n) is 2.53. The van der Waals surface area contributed by atoms with Crippen molar-refractivity contribution < 1.29 is 23.0 Å². The van der Waals surface area contributed by atoms with E-state index in [0.717, 1.165) is 0 Å². The Morgan fingerprint density at radius 3 is 2.60 bits per heavy atom. The minimum Gasteiger partial charge on any atom is -0.507 e. The normalized spacial score (nSPS) is 11.9. The number of aromatic nitrogens is 3. The monoisotopic (exact) mass is 371 g/mol. The molecule has 0 radical (unpaired) electrons. The average Bonchev–Trinajstić information content (AvgIpc) is 2.80. The van der Waals surface area contributed by atoms with Crippen LogP contribution in [0.4, 0.5) is 13.2 Å². The molecule has 0 saturated heterocycles. The van der Waals surface area contributed by atoms with E-state index in [-0.39, 0.29) is 17.3 Å². The van der Waals surface area contributed by atoms with Gasteiger partial charge in [-0.1, -0.05) is 11.6 Å². The average molecular weight is 372 g/mol. The maximum atomic E-state index is 12.3. The number of alkyl halides is 3. The second kappa shape index (κ2) is 6.11. The molecule has 2 aromatic heterocycles. The highest BCUT2D eigenvalue weighted by atomic mass is 35.5. The van der Waals surface area contributed by atoms with Crippen molar-refractivity contribution in [3.8, 4) is 23.0 Å². The number of nitrogens with zero attached hydrogens (tertiary/aromatic N) is 3. The number of phenolic OH excluding ortho intramolecular Hbond substituents is 1. The molecule has 0 aliphatic carbocycles. The summed E-state index contributed by atoms with van der Waals surface area (Å²) in [5, 5.41) is 10.6. The van der Waals surface area contributed by atoms with Crippen molar-refractivity contribution in [2.24, 2.45) is 7.05 Å². The van der Waals surface area contributed by atoms with E-state index in [1.165, 1.54) is 12.1 Å². The van der Waals surface area contributed by atoms with Gasteiger partial charge in [0.25, 0.3) is 0 Å². The summed E-state index contributed by atoms with van der Waals surface area (Å²) in [6.45, 7) is 0.341. The summed E-state index contributed by atoms with van der Waals surface area (Å²) >= 11 is 5.91. The zero-order valence-corrected chi connectivity index (χ0v) is 14.0. The van der Waals surface area contributed by atoms with Crippen LogP contribution in [0.2, 0.25) is 5.02 Å². The number of aromatic hydroxyl groups is 1. The highest BCUT2D eigenvalue weighted by molar-refractivity contribution is 6.31. The number of ether oxygens (including phenoxy) is 1. The van der Waals surface area contributed by atoms with Gasteiger partial charge in [0, 0.05) is 18.1 Å². The molecule has 132 valence electrons. The molecule has 0 spiro atoms. The van der Waals surface area contributed by atoms with Gasteiger partial charge < -0.3 is 14.4 Å². The molecule has 25 heavy (non-hydrogen) atoms. The predicted molar refractivity (Wildman–Crippen MR) is 86.9 cm³/mol. The summed E-state index contributed by atoms with van der Waals surface area (Å²) < 4.78 is 43.1. The first-order chi connectivity index (χ1) is 11.7. The molecule has 0 unspecified atom stereocenters. The summed E-state index contributed by atoms with van der Waals surface area (Å²) in [4.78, 5) is 8.33. The van der Waals surface area contributed by atoms with Crippen LogP contribution < -0.4 is 4.74 Å². The lowest BCUT2D eigenvalue weighted by molar-refractivity contribution is -0.154. The van der Waals surface area contributed by atoms with Crippen LogP contribution in [-0.4, -0.2) is 32.4 Å². The standard InChI is InChI=1S/C16H13ClF3N3O2/c1-8-5-9(17)6-11(24)13(8)15-22-14-10(23(15)2)3-4-12(21-14)25-7-16(18,19)20/h3-6,24H,7H2,1-2H3. The van der Waals surface area contributed by atoms with Crippen molar-refractivity contribution in [1.29, 1.82) is 0 Å². The Balaban J connectivity index is 2.06. The van der Waals surface area contributed by atoms with Gasteiger partial charge in [-0.15, -0.1) is 0 Å². The van der Waals surface area contributed by atoms with E-state index in [4.69, 9.17) is 11.6 Å². The van der Waals surface area contributed by atoms with Gasteiger partial charge in [0.2, 0.25) is 5.88 Å². The number of imidazole rings is 1. The molecule has 0 saturated carbocycles. The molecule has 0 amide bonds. The maximum Gasteiger partial charge on any atom is 0.422 e. The lowest BCUT2D eigenvalue weighted by Crippen LogP contribution is -2.19. The molecule has 5 nitrogen and oxygen atoms in total. The van der Waals surface area contributed by atoms with E-state index in [2.05, 4.69) is 14.7 Å². The topological polar surface area (TPSA) is 60.2 Å². The Hall–Kier alpha value is -2.48. The number of halogens is 4. The number of hydrogen-bond acceptors (Lipinski definition) is 4. The van der Waals surface area contributed by atoms with E-state index in [0.29, 0.717) is 27.5 Å². The molecule has 0 atom stereocenters. The van der Waals surface area contributed by atoms with E-state index >= 15 is 0 Å². The summed E-state index contributed by atoms with van der Waals surface area (Å²) in [5.41, 5.74) is 1.98. The van der Waals surface area contributed by atoms with Gasteiger partial charge in [-0.05, 0) is 30.7 Å². The molecule has 0 fully saturated rings. The lowest BCUT2D eigenvalue weighted by atomic mass is 10.1. The smallest absolute Gasteiger partial charge is 0.422 e. The number of rotatable bonds is 3. The van der Waals surface area contributed by atoms with Crippen molar-refractivity contribution >= 4 is 22.8 Å². The number of benzene rings is 1. The van der Waals surface area contributed by atoms with Crippen LogP contribution in [0.3, 0.4) is 0 Å². The fourth-order valence-corrected chi connectivity index (χ4v) is 2.80. The fraction of sp³-hybridized carbons (Fsp3) is 0.250. The van der Waals surface area contributed by atoms with Crippen LogP contribution >= 0.6 is 11.6 Å². The summed E-state index contributed by atoms with van der Waals surface area (Å²) in [6, 6.07) is 5.98. The third kappa shape index (κ3) is 3.48. The van der Waals surface area contributed by atoms with Crippen molar-refractivity contribution in [2.45, 2.75) is 13.1 Å². The molecular weight excluding hydrogens is 359 g/mol. The van der Waals surface area contributed by atoms with Crippen LogP contribution in [0.15, 0.2) is 24.3 Å². The molecule has 2 heterocycles. The van der Waals surface area contributed by atoms with Gasteiger partial charge in [-0.25, -0.2) is 4.98 Å². The Bertz CT molecular complexity index is 931. The minimum atomic E-state index is -4.45. The molecule has 9 heteroatoms. The largest absolute Gasteiger partial charge is 0.507 e. The first-order valence-corrected chi connectivity index (χ1v) is 7.56. The van der Waals surface area contributed by atoms with Crippen molar-refractivity contribution in [3.05, 3.63) is 34.9 Å². The van der Waals surface area contributed by atoms with Crippen LogP contribution in [-0.2, 0) is 7.05 Å². The lowest BCUT2D eigenvalue weighted by Gasteiger charge is -2.09. The zero-order valence-electron chi connectivity index (χ0n) is 13.2.